The number of hydrogen-bond donors (Lipinski definition) is 1. The van der Waals surface area contributed by atoms with Gasteiger partial charge in [-0.1, -0.05) is 12.1 Å². The third kappa shape index (κ3) is 2.56. The van der Waals surface area contributed by atoms with Gasteiger partial charge in [-0.3, -0.25) is 9.69 Å². The van der Waals surface area contributed by atoms with Gasteiger partial charge in [-0.05, 0) is 37.8 Å². The lowest BCUT2D eigenvalue weighted by molar-refractivity contribution is 0.0581. The van der Waals surface area contributed by atoms with Crippen LogP contribution in [0.25, 0.3) is 10.8 Å². The van der Waals surface area contributed by atoms with Gasteiger partial charge in [0.1, 0.15) is 5.60 Å². The molecule has 1 N–H and O–H groups in total. The number of hydrogen-bond acceptors (Lipinski definition) is 4. The van der Waals surface area contributed by atoms with E-state index in [1.54, 1.807) is 17.0 Å². The van der Waals surface area contributed by atoms with E-state index in [4.69, 9.17) is 21.2 Å². The second-order valence-corrected chi connectivity index (χ2v) is 7.82. The van der Waals surface area contributed by atoms with Crippen molar-refractivity contribution in [1.29, 1.82) is 0 Å². The molecule has 26 heavy (non-hydrogen) atoms. The number of nitrogens with one attached hydrogen (secondary N) is 1. The molecule has 1 unspecified atom stereocenters. The zero-order valence-corrected chi connectivity index (χ0v) is 15.5. The normalized spacial score (nSPS) is 18.4. The SMILES string of the molecule is CC(C)(C)OC(=O)N1CC(CCl)c2c1cc1c3c(cccc23)C(=O)NO1. The van der Waals surface area contributed by atoms with Crippen molar-refractivity contribution in [3.63, 3.8) is 0 Å². The van der Waals surface area contributed by atoms with Gasteiger partial charge in [-0.15, -0.1) is 11.6 Å². The predicted octanol–water partition coefficient (Wildman–Crippen LogP) is 3.95. The largest absolute Gasteiger partial charge is 0.443 e. The number of carbonyl (C=O) groups excluding carboxylic acids is 2. The minimum absolute atomic E-state index is 0.0477. The highest BCUT2D eigenvalue weighted by Gasteiger charge is 2.38. The van der Waals surface area contributed by atoms with Gasteiger partial charge in [0.15, 0.2) is 5.75 Å². The van der Waals surface area contributed by atoms with E-state index in [9.17, 15) is 9.59 Å². The summed E-state index contributed by atoms with van der Waals surface area (Å²) in [6.07, 6.45) is -0.422. The summed E-state index contributed by atoms with van der Waals surface area (Å²) >= 11 is 6.21. The van der Waals surface area contributed by atoms with Crippen LogP contribution in [0.5, 0.6) is 5.75 Å². The first kappa shape index (κ1) is 17.0. The highest BCUT2D eigenvalue weighted by Crippen LogP contribution is 2.47. The molecule has 2 heterocycles. The van der Waals surface area contributed by atoms with E-state index in [-0.39, 0.29) is 11.8 Å². The van der Waals surface area contributed by atoms with Gasteiger partial charge < -0.3 is 9.57 Å². The van der Waals surface area contributed by atoms with E-state index in [1.807, 2.05) is 32.9 Å². The van der Waals surface area contributed by atoms with Crippen molar-refractivity contribution in [2.24, 2.45) is 0 Å². The Morgan fingerprint density at radius 1 is 1.42 bits per heavy atom. The highest BCUT2D eigenvalue weighted by molar-refractivity contribution is 6.19. The van der Waals surface area contributed by atoms with E-state index in [1.165, 1.54) is 0 Å². The van der Waals surface area contributed by atoms with E-state index < -0.39 is 11.7 Å². The first-order chi connectivity index (χ1) is 12.3. The number of nitrogens with zero attached hydrogens (tertiary/aromatic N) is 1. The fourth-order valence-electron chi connectivity index (χ4n) is 3.56. The zero-order chi connectivity index (χ0) is 18.6. The number of halogens is 1. The fourth-order valence-corrected chi connectivity index (χ4v) is 3.81. The molecule has 1 atom stereocenters. The Kier molecular flexibility index (Phi) is 3.77. The van der Waals surface area contributed by atoms with Gasteiger partial charge in [0.25, 0.3) is 5.91 Å². The van der Waals surface area contributed by atoms with Crippen LogP contribution >= 0.6 is 11.6 Å². The summed E-state index contributed by atoms with van der Waals surface area (Å²) in [5.74, 6) is 0.538. The molecule has 0 spiro atoms. The summed E-state index contributed by atoms with van der Waals surface area (Å²) in [5.41, 5.74) is 4.01. The van der Waals surface area contributed by atoms with Crippen LogP contribution < -0.4 is 15.2 Å². The maximum atomic E-state index is 12.7. The molecule has 2 aromatic carbocycles. The Morgan fingerprint density at radius 2 is 2.19 bits per heavy atom. The molecule has 0 radical (unpaired) electrons. The van der Waals surface area contributed by atoms with Crippen molar-refractivity contribution in [3.8, 4) is 5.75 Å². The molecule has 2 amide bonds. The van der Waals surface area contributed by atoms with Crippen molar-refractivity contribution < 1.29 is 19.2 Å². The molecule has 0 saturated heterocycles. The Morgan fingerprint density at radius 3 is 2.88 bits per heavy atom. The van der Waals surface area contributed by atoms with Crippen LogP contribution in [-0.4, -0.2) is 30.0 Å². The van der Waals surface area contributed by atoms with Crippen LogP contribution in [0.3, 0.4) is 0 Å². The molecule has 136 valence electrons. The number of rotatable bonds is 1. The number of alkyl halides is 1. The van der Waals surface area contributed by atoms with Crippen molar-refractivity contribution in [2.75, 3.05) is 17.3 Å². The fraction of sp³-hybridized carbons (Fsp3) is 0.368. The third-order valence-electron chi connectivity index (χ3n) is 4.55. The Bertz CT molecular complexity index is 935. The molecule has 0 aliphatic carbocycles. The second kappa shape index (κ2) is 5.77. The van der Waals surface area contributed by atoms with Gasteiger partial charge in [-0.2, -0.15) is 5.48 Å². The van der Waals surface area contributed by atoms with E-state index in [0.717, 1.165) is 16.3 Å². The minimum Gasteiger partial charge on any atom is -0.443 e. The molecular formula is C19H19ClN2O4. The molecular weight excluding hydrogens is 356 g/mol. The Hall–Kier alpha value is -2.47. The zero-order valence-electron chi connectivity index (χ0n) is 14.8. The quantitative estimate of drug-likeness (QED) is 0.767. The van der Waals surface area contributed by atoms with Crippen molar-refractivity contribution in [3.05, 3.63) is 35.4 Å². The molecule has 2 aliphatic rings. The van der Waals surface area contributed by atoms with E-state index in [2.05, 4.69) is 5.48 Å². The monoisotopic (exact) mass is 374 g/mol. The highest BCUT2D eigenvalue weighted by atomic mass is 35.5. The van der Waals surface area contributed by atoms with Crippen molar-refractivity contribution >= 4 is 40.1 Å². The molecule has 0 saturated carbocycles. The van der Waals surface area contributed by atoms with Crippen LogP contribution in [0, 0.1) is 0 Å². The van der Waals surface area contributed by atoms with Crippen molar-refractivity contribution in [1.82, 2.24) is 5.48 Å². The predicted molar refractivity (Wildman–Crippen MR) is 99.1 cm³/mol. The summed E-state index contributed by atoms with van der Waals surface area (Å²) in [6, 6.07) is 7.29. The van der Waals surface area contributed by atoms with Crippen LogP contribution in [0.1, 0.15) is 42.6 Å². The van der Waals surface area contributed by atoms with Gasteiger partial charge in [-0.25, -0.2) is 4.79 Å². The summed E-state index contributed by atoms with van der Waals surface area (Å²) in [6.45, 7) is 5.92. The number of carbonyl (C=O) groups is 2. The van der Waals surface area contributed by atoms with Gasteiger partial charge in [0.2, 0.25) is 0 Å². The first-order valence-electron chi connectivity index (χ1n) is 8.43. The van der Waals surface area contributed by atoms with Crippen LogP contribution in [0.2, 0.25) is 0 Å². The molecule has 6 nitrogen and oxygen atoms in total. The van der Waals surface area contributed by atoms with Crippen molar-refractivity contribution in [2.45, 2.75) is 32.3 Å². The van der Waals surface area contributed by atoms with Crippen LogP contribution in [0.15, 0.2) is 24.3 Å². The lowest BCUT2D eigenvalue weighted by atomic mass is 9.92. The maximum absolute atomic E-state index is 12.7. The molecule has 7 heteroatoms. The van der Waals surface area contributed by atoms with Crippen LogP contribution in [-0.2, 0) is 4.74 Å². The summed E-state index contributed by atoms with van der Waals surface area (Å²) in [5, 5.41) is 1.62. The second-order valence-electron chi connectivity index (χ2n) is 7.51. The molecule has 2 aromatic rings. The molecule has 0 aromatic heterocycles. The molecule has 0 bridgehead atoms. The minimum atomic E-state index is -0.598. The summed E-state index contributed by atoms with van der Waals surface area (Å²) < 4.78 is 5.55. The van der Waals surface area contributed by atoms with E-state index in [0.29, 0.717) is 29.4 Å². The number of anilines is 1. The Labute approximate surface area is 156 Å². The number of amides is 2. The Balaban J connectivity index is 1.91. The standard InChI is InChI=1S/C19H19ClN2O4/c1-19(2,3)25-18(24)22-9-10(8-20)15-11-5-4-6-12-16(11)14(7-13(15)22)26-21-17(12)23/h4-7,10H,8-9H2,1-3H3,(H,21,23). The lowest BCUT2D eigenvalue weighted by Gasteiger charge is -2.26. The smallest absolute Gasteiger partial charge is 0.414 e. The lowest BCUT2D eigenvalue weighted by Crippen LogP contribution is -2.36. The van der Waals surface area contributed by atoms with Gasteiger partial charge in [0.05, 0.1) is 11.3 Å². The number of benzene rings is 2. The number of hydroxylamine groups is 1. The maximum Gasteiger partial charge on any atom is 0.414 e. The topological polar surface area (TPSA) is 67.9 Å². The third-order valence-corrected chi connectivity index (χ3v) is 4.92. The van der Waals surface area contributed by atoms with Gasteiger partial charge >= 0.3 is 6.09 Å². The summed E-state index contributed by atoms with van der Waals surface area (Å²) in [4.78, 5) is 31.8. The summed E-state index contributed by atoms with van der Waals surface area (Å²) in [7, 11) is 0. The molecule has 4 rings (SSSR count). The molecule has 2 aliphatic heterocycles. The van der Waals surface area contributed by atoms with Crippen LogP contribution in [0.4, 0.5) is 10.5 Å². The average Bonchev–Trinajstić information content (AvgIpc) is 2.95. The number of fused-ring (bicyclic) bond motifs is 2. The first-order valence-corrected chi connectivity index (χ1v) is 8.97. The average molecular weight is 375 g/mol. The van der Waals surface area contributed by atoms with Gasteiger partial charge in [0, 0.05) is 29.8 Å². The molecule has 0 fully saturated rings. The van der Waals surface area contributed by atoms with E-state index >= 15 is 0 Å². The number of ether oxygens (including phenoxy) is 1.